The van der Waals surface area contributed by atoms with Gasteiger partial charge < -0.3 is 15.4 Å². The highest BCUT2D eigenvalue weighted by Crippen LogP contribution is 2.42. The van der Waals surface area contributed by atoms with Crippen molar-refractivity contribution < 1.29 is 19.1 Å². The molecule has 33 heavy (non-hydrogen) atoms. The quantitative estimate of drug-likeness (QED) is 0.425. The lowest BCUT2D eigenvalue weighted by atomic mass is 9.78. The molecule has 1 heterocycles. The number of anilines is 1. The third-order valence-electron chi connectivity index (χ3n) is 4.79. The largest absolute Gasteiger partial charge is 0.465 e. The van der Waals surface area contributed by atoms with Crippen LogP contribution in [-0.4, -0.2) is 30.1 Å². The highest BCUT2D eigenvalue weighted by atomic mass is 35.5. The summed E-state index contributed by atoms with van der Waals surface area (Å²) in [6.45, 7) is 1.71. The van der Waals surface area contributed by atoms with Crippen LogP contribution < -0.4 is 10.6 Å². The molecule has 7 nitrogen and oxygen atoms in total. The minimum Gasteiger partial charge on any atom is -0.465 e. The lowest BCUT2D eigenvalue weighted by molar-refractivity contribution is -0.152. The maximum Gasteiger partial charge on any atom is 0.319 e. The number of ether oxygens (including phenoxy) is 1. The zero-order chi connectivity index (χ0) is 24.0. The summed E-state index contributed by atoms with van der Waals surface area (Å²) >= 11 is 13.2. The van der Waals surface area contributed by atoms with Gasteiger partial charge in [0, 0.05) is 21.7 Å². The fourth-order valence-electron chi connectivity index (χ4n) is 3.36. The zero-order valence-electron chi connectivity index (χ0n) is 17.4. The number of hydrogen-bond donors (Lipinski definition) is 2. The average molecular weight is 504 g/mol. The first-order chi connectivity index (χ1) is 15.8. The molecule has 0 aliphatic carbocycles. The Balaban J connectivity index is 1.90. The lowest BCUT2D eigenvalue weighted by Gasteiger charge is -2.31. The second-order valence-corrected chi connectivity index (χ2v) is 8.75. The van der Waals surface area contributed by atoms with E-state index in [1.165, 1.54) is 0 Å². The Morgan fingerprint density at radius 3 is 2.52 bits per heavy atom. The molecule has 0 saturated carbocycles. The molecule has 2 amide bonds. The first kappa shape index (κ1) is 24.6. The Morgan fingerprint density at radius 1 is 1.18 bits per heavy atom. The van der Waals surface area contributed by atoms with Crippen molar-refractivity contribution in [2.45, 2.75) is 12.8 Å². The lowest BCUT2D eigenvalue weighted by Crippen LogP contribution is -2.44. The van der Waals surface area contributed by atoms with Gasteiger partial charge >= 0.3 is 5.97 Å². The monoisotopic (exact) mass is 503 g/mol. The van der Waals surface area contributed by atoms with E-state index >= 15 is 0 Å². The topological polar surface area (TPSA) is 108 Å². The van der Waals surface area contributed by atoms with Gasteiger partial charge in [-0.05, 0) is 42.8 Å². The normalized spacial score (nSPS) is 17.7. The van der Waals surface area contributed by atoms with Crippen molar-refractivity contribution in [1.29, 1.82) is 5.26 Å². The van der Waals surface area contributed by atoms with Crippen molar-refractivity contribution in [3.8, 4) is 6.07 Å². The second kappa shape index (κ2) is 11.2. The summed E-state index contributed by atoms with van der Waals surface area (Å²) in [5, 5.41) is 16.3. The predicted octanol–water partition coefficient (Wildman–Crippen LogP) is 4.49. The SMILES string of the molecule is CCOC(=O)[C@@H]1C(=O)NC(SCC(=O)Nc2ccc(Cl)cc2)=C(C#N)[C@@H]1c1ccccc1Cl. The number of rotatable bonds is 7. The number of carbonyl (C=O) groups is 3. The minimum absolute atomic E-state index is 0.0793. The van der Waals surface area contributed by atoms with Gasteiger partial charge in [-0.25, -0.2) is 0 Å². The molecule has 10 heteroatoms. The molecule has 170 valence electrons. The molecule has 1 aliphatic heterocycles. The van der Waals surface area contributed by atoms with Crippen LogP contribution in [0.1, 0.15) is 18.4 Å². The maximum atomic E-state index is 12.9. The standard InChI is InChI=1S/C23H19Cl2N3O4S/c1-2-32-23(31)20-19(15-5-3-4-6-17(15)25)16(11-26)22(28-21(20)30)33-12-18(29)27-14-9-7-13(24)8-10-14/h3-10,19-20H,2,12H2,1H3,(H,27,29)(H,28,30)/t19-,20-/m0/s1. The van der Waals surface area contributed by atoms with Gasteiger partial charge in [-0.3, -0.25) is 14.4 Å². The Labute approximate surface area is 205 Å². The molecule has 0 spiro atoms. The first-order valence-corrected chi connectivity index (χ1v) is 11.6. The second-order valence-electron chi connectivity index (χ2n) is 6.92. The number of esters is 1. The van der Waals surface area contributed by atoms with Gasteiger partial charge in [0.25, 0.3) is 0 Å². The summed E-state index contributed by atoms with van der Waals surface area (Å²) in [6, 6.07) is 15.4. The molecule has 0 unspecified atom stereocenters. The van der Waals surface area contributed by atoms with Gasteiger partial charge in [-0.2, -0.15) is 5.26 Å². The molecule has 3 rings (SSSR count). The number of nitrogens with zero attached hydrogens (tertiary/aromatic N) is 1. The number of benzene rings is 2. The summed E-state index contributed by atoms with van der Waals surface area (Å²) in [4.78, 5) is 37.9. The van der Waals surface area contributed by atoms with E-state index in [1.807, 2.05) is 0 Å². The van der Waals surface area contributed by atoms with E-state index in [9.17, 15) is 19.6 Å². The van der Waals surface area contributed by atoms with Crippen LogP contribution >= 0.6 is 35.0 Å². The molecule has 1 aliphatic rings. The van der Waals surface area contributed by atoms with Crippen LogP contribution in [0.5, 0.6) is 0 Å². The molecule has 0 bridgehead atoms. The number of amides is 2. The highest BCUT2D eigenvalue weighted by Gasteiger charge is 2.45. The maximum absolute atomic E-state index is 12.9. The number of nitrogens with one attached hydrogen (secondary N) is 2. The molecule has 0 aromatic heterocycles. The number of halogens is 2. The van der Waals surface area contributed by atoms with E-state index < -0.39 is 23.7 Å². The van der Waals surface area contributed by atoms with Crippen molar-refractivity contribution in [3.05, 3.63) is 74.7 Å². The van der Waals surface area contributed by atoms with Crippen molar-refractivity contribution in [2.24, 2.45) is 5.92 Å². The fourth-order valence-corrected chi connectivity index (χ4v) is 4.58. The van der Waals surface area contributed by atoms with Crippen molar-refractivity contribution in [3.63, 3.8) is 0 Å². The van der Waals surface area contributed by atoms with Gasteiger partial charge in [0.15, 0.2) is 0 Å². The zero-order valence-corrected chi connectivity index (χ0v) is 19.8. The van der Waals surface area contributed by atoms with Gasteiger partial charge in [-0.1, -0.05) is 53.2 Å². The summed E-state index contributed by atoms with van der Waals surface area (Å²) in [5.74, 6) is -4.04. The Hall–Kier alpha value is -2.99. The number of thioether (sulfide) groups is 1. The van der Waals surface area contributed by atoms with Crippen LogP contribution in [0, 0.1) is 17.2 Å². The predicted molar refractivity (Wildman–Crippen MR) is 128 cm³/mol. The van der Waals surface area contributed by atoms with Crippen molar-refractivity contribution in [2.75, 3.05) is 17.7 Å². The third-order valence-corrected chi connectivity index (χ3v) is 6.40. The van der Waals surface area contributed by atoms with Crippen LogP contribution in [-0.2, 0) is 19.1 Å². The van der Waals surface area contributed by atoms with E-state index in [1.54, 1.807) is 55.5 Å². The van der Waals surface area contributed by atoms with Gasteiger partial charge in [-0.15, -0.1) is 0 Å². The molecule has 2 aromatic carbocycles. The number of allylic oxidation sites excluding steroid dienone is 1. The summed E-state index contributed by atoms with van der Waals surface area (Å²) < 4.78 is 5.09. The van der Waals surface area contributed by atoms with Crippen LogP contribution in [0.15, 0.2) is 59.1 Å². The Kier molecular flexibility index (Phi) is 8.39. The molecule has 2 N–H and O–H groups in total. The number of nitriles is 1. The van der Waals surface area contributed by atoms with Crippen molar-refractivity contribution in [1.82, 2.24) is 5.32 Å². The molecule has 0 saturated heterocycles. The minimum atomic E-state index is -1.29. The summed E-state index contributed by atoms with van der Waals surface area (Å²) in [7, 11) is 0. The van der Waals surface area contributed by atoms with Gasteiger partial charge in [0.05, 0.1) is 29.0 Å². The molecule has 2 atom stereocenters. The van der Waals surface area contributed by atoms with Crippen LogP contribution in [0.2, 0.25) is 10.0 Å². The van der Waals surface area contributed by atoms with Crippen LogP contribution in [0.3, 0.4) is 0 Å². The van der Waals surface area contributed by atoms with E-state index in [0.29, 0.717) is 21.3 Å². The van der Waals surface area contributed by atoms with E-state index in [2.05, 4.69) is 16.7 Å². The van der Waals surface area contributed by atoms with Crippen LogP contribution in [0.25, 0.3) is 0 Å². The molecule has 2 aromatic rings. The number of carbonyl (C=O) groups excluding carboxylic acids is 3. The Morgan fingerprint density at radius 2 is 1.88 bits per heavy atom. The van der Waals surface area contributed by atoms with Gasteiger partial charge in [0.2, 0.25) is 11.8 Å². The average Bonchev–Trinajstić information content (AvgIpc) is 2.79. The molecule has 0 fully saturated rings. The smallest absolute Gasteiger partial charge is 0.319 e. The van der Waals surface area contributed by atoms with E-state index in [4.69, 9.17) is 27.9 Å². The van der Waals surface area contributed by atoms with E-state index in [0.717, 1.165) is 11.8 Å². The third kappa shape index (κ3) is 5.88. The number of hydrogen-bond acceptors (Lipinski definition) is 6. The highest BCUT2D eigenvalue weighted by molar-refractivity contribution is 8.03. The molecular formula is C23H19Cl2N3O4S. The fraction of sp³-hybridized carbons (Fsp3) is 0.217. The van der Waals surface area contributed by atoms with Crippen molar-refractivity contribution >= 4 is 58.4 Å². The summed E-state index contributed by atoms with van der Waals surface area (Å²) in [6.07, 6.45) is 0. The van der Waals surface area contributed by atoms with E-state index in [-0.39, 0.29) is 28.9 Å². The van der Waals surface area contributed by atoms with Gasteiger partial charge in [0.1, 0.15) is 5.92 Å². The molecule has 0 radical (unpaired) electrons. The molecular weight excluding hydrogens is 485 g/mol. The first-order valence-electron chi connectivity index (χ1n) is 9.90. The van der Waals surface area contributed by atoms with Crippen LogP contribution in [0.4, 0.5) is 5.69 Å². The Bertz CT molecular complexity index is 1150. The summed E-state index contributed by atoms with van der Waals surface area (Å²) in [5.41, 5.74) is 1.14.